The molecule has 0 radical (unpaired) electrons. The van der Waals surface area contributed by atoms with Crippen molar-refractivity contribution in [2.24, 2.45) is 0 Å². The number of alkyl halides is 3. The normalized spacial score (nSPS) is 17.3. The van der Waals surface area contributed by atoms with Crippen LogP contribution < -0.4 is 0 Å². The molecule has 3 aromatic rings. The average Bonchev–Trinajstić information content (AvgIpc) is 2.83. The summed E-state index contributed by atoms with van der Waals surface area (Å²) in [7, 11) is 1.26. The lowest BCUT2D eigenvalue weighted by Crippen LogP contribution is -2.33. The second-order valence-electron chi connectivity index (χ2n) is 10.8. The standard InChI is InChI=1S/C31H31F3O2/c1-29(2)13-14-30(3,4)27-19-24-16-20(9-10-23(24)18-26(27)29)15-22(11-12-28(35)36-5)21-7-6-8-25(17-21)31(32,33)34/h6-12,15-19H,13-14H2,1-5H3. The van der Waals surface area contributed by atoms with Crippen LogP contribution in [0.5, 0.6) is 0 Å². The smallest absolute Gasteiger partial charge is 0.416 e. The van der Waals surface area contributed by atoms with E-state index in [0.29, 0.717) is 11.1 Å². The molecule has 0 amide bonds. The lowest BCUT2D eigenvalue weighted by molar-refractivity contribution is -0.137. The van der Waals surface area contributed by atoms with Crippen LogP contribution in [0.25, 0.3) is 22.4 Å². The van der Waals surface area contributed by atoms with Gasteiger partial charge < -0.3 is 4.74 Å². The highest BCUT2D eigenvalue weighted by Gasteiger charge is 2.37. The van der Waals surface area contributed by atoms with Gasteiger partial charge in [-0.15, -0.1) is 0 Å². The van der Waals surface area contributed by atoms with Gasteiger partial charge in [0.05, 0.1) is 12.7 Å². The molecule has 36 heavy (non-hydrogen) atoms. The number of carbonyl (C=O) groups is 1. The van der Waals surface area contributed by atoms with Gasteiger partial charge >= 0.3 is 12.1 Å². The lowest BCUT2D eigenvalue weighted by atomic mass is 9.63. The number of hydrogen-bond donors (Lipinski definition) is 0. The maximum absolute atomic E-state index is 13.3. The first-order chi connectivity index (χ1) is 16.8. The Kier molecular flexibility index (Phi) is 6.63. The molecule has 0 N–H and O–H groups in total. The molecule has 0 bridgehead atoms. The summed E-state index contributed by atoms with van der Waals surface area (Å²) in [5.74, 6) is -0.581. The van der Waals surface area contributed by atoms with Crippen LogP contribution in [0.1, 0.15) is 68.4 Å². The van der Waals surface area contributed by atoms with Crippen LogP contribution in [-0.2, 0) is 26.5 Å². The molecule has 3 aromatic carbocycles. The van der Waals surface area contributed by atoms with Crippen LogP contribution in [0.15, 0.2) is 66.7 Å². The molecular weight excluding hydrogens is 461 g/mol. The van der Waals surface area contributed by atoms with Gasteiger partial charge in [-0.1, -0.05) is 64.1 Å². The summed E-state index contributed by atoms with van der Waals surface area (Å²) in [6.45, 7) is 9.14. The Morgan fingerprint density at radius 2 is 1.50 bits per heavy atom. The fourth-order valence-corrected chi connectivity index (χ4v) is 4.93. The van der Waals surface area contributed by atoms with E-state index in [1.807, 2.05) is 18.2 Å². The first-order valence-corrected chi connectivity index (χ1v) is 12.0. The van der Waals surface area contributed by atoms with Crippen molar-refractivity contribution in [3.8, 4) is 0 Å². The molecule has 4 rings (SSSR count). The Bertz CT molecular complexity index is 1370. The van der Waals surface area contributed by atoms with Crippen molar-refractivity contribution >= 4 is 28.4 Å². The van der Waals surface area contributed by atoms with Crippen LogP contribution >= 0.6 is 0 Å². The zero-order chi connectivity index (χ0) is 26.3. The molecule has 0 unspecified atom stereocenters. The average molecular weight is 493 g/mol. The molecule has 1 aliphatic rings. The van der Waals surface area contributed by atoms with Crippen LogP contribution in [0.4, 0.5) is 13.2 Å². The molecule has 0 heterocycles. The van der Waals surface area contributed by atoms with E-state index in [-0.39, 0.29) is 10.8 Å². The van der Waals surface area contributed by atoms with E-state index in [1.165, 1.54) is 36.5 Å². The number of esters is 1. The predicted octanol–water partition coefficient (Wildman–Crippen LogP) is 8.48. The minimum atomic E-state index is -4.46. The topological polar surface area (TPSA) is 26.3 Å². The number of fused-ring (bicyclic) bond motifs is 2. The van der Waals surface area contributed by atoms with Crippen molar-refractivity contribution in [2.75, 3.05) is 7.11 Å². The molecule has 0 aliphatic heterocycles. The third-order valence-corrected chi connectivity index (χ3v) is 7.28. The quantitative estimate of drug-likeness (QED) is 0.158. The minimum Gasteiger partial charge on any atom is -0.466 e. The van der Waals surface area contributed by atoms with Gasteiger partial charge in [-0.25, -0.2) is 4.79 Å². The SMILES string of the molecule is COC(=O)C=CC(=Cc1ccc2cc3c(cc2c1)C(C)(C)CCC3(C)C)c1cccc(C(F)(F)F)c1. The summed E-state index contributed by atoms with van der Waals surface area (Å²) in [5, 5.41) is 2.20. The molecular formula is C31H31F3O2. The van der Waals surface area contributed by atoms with Gasteiger partial charge in [0.2, 0.25) is 0 Å². The summed E-state index contributed by atoms with van der Waals surface area (Å²) < 4.78 is 44.7. The van der Waals surface area contributed by atoms with Crippen LogP contribution in [-0.4, -0.2) is 13.1 Å². The lowest BCUT2D eigenvalue weighted by Gasteiger charge is -2.42. The highest BCUT2D eigenvalue weighted by atomic mass is 19.4. The van der Waals surface area contributed by atoms with Gasteiger partial charge in [-0.3, -0.25) is 0 Å². The van der Waals surface area contributed by atoms with Gasteiger partial charge in [0.1, 0.15) is 0 Å². The molecule has 188 valence electrons. The van der Waals surface area contributed by atoms with Crippen molar-refractivity contribution in [2.45, 2.75) is 57.5 Å². The molecule has 0 spiro atoms. The Morgan fingerprint density at radius 1 is 0.861 bits per heavy atom. The van der Waals surface area contributed by atoms with Crippen molar-refractivity contribution in [3.05, 3.63) is 94.6 Å². The summed E-state index contributed by atoms with van der Waals surface area (Å²) in [5.41, 5.74) is 3.81. The summed E-state index contributed by atoms with van der Waals surface area (Å²) >= 11 is 0. The van der Waals surface area contributed by atoms with Gasteiger partial charge in [-0.2, -0.15) is 13.2 Å². The van der Waals surface area contributed by atoms with Crippen molar-refractivity contribution < 1.29 is 22.7 Å². The second-order valence-corrected chi connectivity index (χ2v) is 10.8. The number of carbonyl (C=O) groups excluding carboxylic acids is 1. The number of ether oxygens (including phenoxy) is 1. The van der Waals surface area contributed by atoms with Gasteiger partial charge in [0.15, 0.2) is 0 Å². The van der Waals surface area contributed by atoms with Gasteiger partial charge in [0.25, 0.3) is 0 Å². The maximum Gasteiger partial charge on any atom is 0.416 e. The molecule has 0 saturated heterocycles. The van der Waals surface area contributed by atoms with E-state index in [1.54, 1.807) is 12.1 Å². The highest BCUT2D eigenvalue weighted by Crippen LogP contribution is 2.47. The number of halogens is 3. The second kappa shape index (κ2) is 9.27. The first kappa shape index (κ1) is 25.7. The number of allylic oxidation sites excluding steroid dienone is 2. The molecule has 5 heteroatoms. The predicted molar refractivity (Wildman–Crippen MR) is 140 cm³/mol. The van der Waals surface area contributed by atoms with Crippen molar-refractivity contribution in [1.82, 2.24) is 0 Å². The Hall–Kier alpha value is -3.34. The Morgan fingerprint density at radius 3 is 2.11 bits per heavy atom. The van der Waals surface area contributed by atoms with E-state index < -0.39 is 17.7 Å². The molecule has 1 aliphatic carbocycles. The van der Waals surface area contributed by atoms with Crippen LogP contribution in [0.2, 0.25) is 0 Å². The number of hydrogen-bond acceptors (Lipinski definition) is 2. The largest absolute Gasteiger partial charge is 0.466 e. The maximum atomic E-state index is 13.3. The summed E-state index contributed by atoms with van der Waals surface area (Å²) in [6, 6.07) is 15.7. The zero-order valence-electron chi connectivity index (χ0n) is 21.3. The van der Waals surface area contributed by atoms with E-state index in [2.05, 4.69) is 44.6 Å². The van der Waals surface area contributed by atoms with E-state index >= 15 is 0 Å². The van der Waals surface area contributed by atoms with Crippen LogP contribution in [0.3, 0.4) is 0 Å². The number of rotatable bonds is 4. The number of benzene rings is 3. The Balaban J connectivity index is 1.84. The van der Waals surface area contributed by atoms with Crippen molar-refractivity contribution in [1.29, 1.82) is 0 Å². The first-order valence-electron chi connectivity index (χ1n) is 12.0. The van der Waals surface area contributed by atoms with Crippen LogP contribution in [0, 0.1) is 0 Å². The van der Waals surface area contributed by atoms with Gasteiger partial charge in [-0.05, 0) is 92.6 Å². The van der Waals surface area contributed by atoms with Crippen molar-refractivity contribution in [3.63, 3.8) is 0 Å². The fourth-order valence-electron chi connectivity index (χ4n) is 4.93. The molecule has 0 fully saturated rings. The summed E-state index contributed by atoms with van der Waals surface area (Å²) in [6.07, 6.45) is 2.28. The molecule has 0 atom stereocenters. The third kappa shape index (κ3) is 5.25. The van der Waals surface area contributed by atoms with Gasteiger partial charge in [0, 0.05) is 6.08 Å². The third-order valence-electron chi connectivity index (χ3n) is 7.28. The van der Waals surface area contributed by atoms with E-state index in [9.17, 15) is 18.0 Å². The summed E-state index contributed by atoms with van der Waals surface area (Å²) in [4.78, 5) is 11.7. The Labute approximate surface area is 210 Å². The zero-order valence-corrected chi connectivity index (χ0v) is 21.3. The monoisotopic (exact) mass is 492 g/mol. The van der Waals surface area contributed by atoms with E-state index in [0.717, 1.165) is 41.3 Å². The molecule has 0 aromatic heterocycles. The van der Waals surface area contributed by atoms with E-state index in [4.69, 9.17) is 0 Å². The highest BCUT2D eigenvalue weighted by molar-refractivity contribution is 5.95. The molecule has 0 saturated carbocycles. The fraction of sp³-hybridized carbons (Fsp3) is 0.323. The number of methoxy groups -OCH3 is 1. The minimum absolute atomic E-state index is 0.0668. The molecule has 2 nitrogen and oxygen atoms in total.